The van der Waals surface area contributed by atoms with Crippen molar-refractivity contribution in [2.45, 2.75) is 32.2 Å². The Morgan fingerprint density at radius 2 is 1.85 bits per heavy atom. The second kappa shape index (κ2) is 5.80. The highest BCUT2D eigenvalue weighted by Crippen LogP contribution is 2.34. The molecule has 104 valence electrons. The minimum atomic E-state index is 0.461. The summed E-state index contributed by atoms with van der Waals surface area (Å²) in [6.45, 7) is 2.17. The van der Waals surface area contributed by atoms with Gasteiger partial charge in [0.1, 0.15) is 0 Å². The van der Waals surface area contributed by atoms with Crippen LogP contribution in [0.4, 0.5) is 0 Å². The summed E-state index contributed by atoms with van der Waals surface area (Å²) in [7, 11) is 2.09. The average molecular weight is 265 g/mol. The second-order valence-corrected chi connectivity index (χ2v) is 5.95. The van der Waals surface area contributed by atoms with E-state index in [1.807, 2.05) is 0 Å². The quantitative estimate of drug-likeness (QED) is 0.882. The van der Waals surface area contributed by atoms with E-state index in [1.54, 1.807) is 5.56 Å². The highest BCUT2D eigenvalue weighted by molar-refractivity contribution is 5.32. The Bertz CT molecular complexity index is 588. The predicted molar refractivity (Wildman–Crippen MR) is 84.9 cm³/mol. The van der Waals surface area contributed by atoms with Gasteiger partial charge in [-0.1, -0.05) is 54.1 Å². The van der Waals surface area contributed by atoms with E-state index in [-0.39, 0.29) is 0 Å². The lowest BCUT2D eigenvalue weighted by Crippen LogP contribution is -2.29. The molecular formula is C19H23N. The zero-order chi connectivity index (χ0) is 13.9. The predicted octanol–water partition coefficient (Wildman–Crippen LogP) is 4.06. The van der Waals surface area contributed by atoms with Crippen molar-refractivity contribution < 1.29 is 0 Å². The molecule has 1 aliphatic carbocycles. The summed E-state index contributed by atoms with van der Waals surface area (Å²) in [6.07, 6.45) is 3.68. The molecule has 0 heterocycles. The topological polar surface area (TPSA) is 12.0 Å². The highest BCUT2D eigenvalue weighted by Gasteiger charge is 2.26. The highest BCUT2D eigenvalue weighted by atomic mass is 14.9. The zero-order valence-electron chi connectivity index (χ0n) is 12.4. The molecule has 0 saturated carbocycles. The largest absolute Gasteiger partial charge is 0.313 e. The van der Waals surface area contributed by atoms with Crippen molar-refractivity contribution in [3.8, 4) is 0 Å². The lowest BCUT2D eigenvalue weighted by molar-refractivity contribution is 0.342. The Kier molecular flexibility index (Phi) is 3.88. The van der Waals surface area contributed by atoms with E-state index in [2.05, 4.69) is 67.8 Å². The Labute approximate surface area is 122 Å². The fourth-order valence-corrected chi connectivity index (χ4v) is 3.55. The van der Waals surface area contributed by atoms with Gasteiger partial charge >= 0.3 is 0 Å². The Balaban J connectivity index is 1.85. The molecule has 2 aromatic carbocycles. The molecule has 2 aromatic rings. The number of nitrogens with one attached hydrogen (secondary N) is 1. The lowest BCUT2D eigenvalue weighted by Gasteiger charge is -2.32. The summed E-state index contributed by atoms with van der Waals surface area (Å²) < 4.78 is 0. The number of fused-ring (bicyclic) bond motifs is 1. The van der Waals surface area contributed by atoms with E-state index < -0.39 is 0 Å². The molecule has 20 heavy (non-hydrogen) atoms. The van der Waals surface area contributed by atoms with Crippen molar-refractivity contribution in [3.63, 3.8) is 0 Å². The monoisotopic (exact) mass is 265 g/mol. The first-order valence-electron chi connectivity index (χ1n) is 7.58. The third-order valence-corrected chi connectivity index (χ3v) is 4.57. The number of hydrogen-bond donors (Lipinski definition) is 1. The minimum absolute atomic E-state index is 0.461. The van der Waals surface area contributed by atoms with Gasteiger partial charge in [-0.3, -0.25) is 0 Å². The second-order valence-electron chi connectivity index (χ2n) is 5.95. The minimum Gasteiger partial charge on any atom is -0.313 e. The maximum Gasteiger partial charge on any atom is 0.0349 e. The molecule has 0 saturated heterocycles. The molecule has 3 rings (SSSR count). The van der Waals surface area contributed by atoms with Crippen LogP contribution in [0, 0.1) is 12.8 Å². The van der Waals surface area contributed by atoms with E-state index in [1.165, 1.54) is 36.0 Å². The molecule has 0 amide bonds. The van der Waals surface area contributed by atoms with E-state index in [9.17, 15) is 0 Å². The van der Waals surface area contributed by atoms with E-state index >= 15 is 0 Å². The van der Waals surface area contributed by atoms with Gasteiger partial charge in [-0.2, -0.15) is 0 Å². The van der Waals surface area contributed by atoms with Crippen LogP contribution < -0.4 is 5.32 Å². The Morgan fingerprint density at radius 1 is 1.05 bits per heavy atom. The van der Waals surface area contributed by atoms with Gasteiger partial charge in [0.2, 0.25) is 0 Å². The van der Waals surface area contributed by atoms with Crippen LogP contribution in [0.5, 0.6) is 0 Å². The smallest absolute Gasteiger partial charge is 0.0349 e. The molecule has 0 aromatic heterocycles. The van der Waals surface area contributed by atoms with E-state index in [0.29, 0.717) is 12.0 Å². The maximum absolute atomic E-state index is 3.55. The molecule has 0 aliphatic heterocycles. The van der Waals surface area contributed by atoms with Gasteiger partial charge in [0.15, 0.2) is 0 Å². The SMILES string of the molecule is CNC(c1cccc(C)c1)C1CCc2ccccc2C1. The summed E-state index contributed by atoms with van der Waals surface area (Å²) in [4.78, 5) is 0. The molecule has 2 atom stereocenters. The maximum atomic E-state index is 3.55. The summed E-state index contributed by atoms with van der Waals surface area (Å²) in [5.74, 6) is 0.691. The Hall–Kier alpha value is -1.60. The third-order valence-electron chi connectivity index (χ3n) is 4.57. The molecule has 0 bridgehead atoms. The molecular weight excluding hydrogens is 242 g/mol. The zero-order valence-corrected chi connectivity index (χ0v) is 12.4. The van der Waals surface area contributed by atoms with Crippen molar-refractivity contribution in [2.24, 2.45) is 5.92 Å². The van der Waals surface area contributed by atoms with Gasteiger partial charge in [-0.05, 0) is 55.8 Å². The summed E-state index contributed by atoms with van der Waals surface area (Å²) in [5.41, 5.74) is 5.86. The molecule has 0 radical (unpaired) electrons. The van der Waals surface area contributed by atoms with Crippen molar-refractivity contribution in [1.82, 2.24) is 5.32 Å². The summed E-state index contributed by atoms with van der Waals surface area (Å²) in [5, 5.41) is 3.55. The number of rotatable bonds is 3. The van der Waals surface area contributed by atoms with Crippen LogP contribution in [0.1, 0.15) is 34.7 Å². The summed E-state index contributed by atoms with van der Waals surface area (Å²) >= 11 is 0. The lowest BCUT2D eigenvalue weighted by atomic mass is 9.78. The van der Waals surface area contributed by atoms with Crippen LogP contribution in [0.25, 0.3) is 0 Å². The van der Waals surface area contributed by atoms with Crippen LogP contribution >= 0.6 is 0 Å². The van der Waals surface area contributed by atoms with Crippen molar-refractivity contribution in [1.29, 1.82) is 0 Å². The molecule has 0 fully saturated rings. The van der Waals surface area contributed by atoms with Crippen LogP contribution in [-0.4, -0.2) is 7.05 Å². The van der Waals surface area contributed by atoms with E-state index in [0.717, 1.165) is 0 Å². The number of benzene rings is 2. The number of hydrogen-bond acceptors (Lipinski definition) is 1. The first kappa shape index (κ1) is 13.4. The van der Waals surface area contributed by atoms with Gasteiger partial charge in [0.05, 0.1) is 0 Å². The summed E-state index contributed by atoms with van der Waals surface area (Å²) in [6, 6.07) is 18.3. The molecule has 1 heteroatoms. The van der Waals surface area contributed by atoms with Gasteiger partial charge in [-0.25, -0.2) is 0 Å². The van der Waals surface area contributed by atoms with Crippen LogP contribution in [0.2, 0.25) is 0 Å². The standard InChI is InChI=1S/C19H23N/c1-14-6-5-9-17(12-14)19(20-2)18-11-10-15-7-3-4-8-16(15)13-18/h3-9,12,18-20H,10-11,13H2,1-2H3. The fraction of sp³-hybridized carbons (Fsp3) is 0.368. The molecule has 0 spiro atoms. The fourth-order valence-electron chi connectivity index (χ4n) is 3.55. The number of aryl methyl sites for hydroxylation is 2. The van der Waals surface area contributed by atoms with Crippen molar-refractivity contribution in [3.05, 3.63) is 70.8 Å². The first-order chi connectivity index (χ1) is 9.78. The van der Waals surface area contributed by atoms with Crippen molar-refractivity contribution in [2.75, 3.05) is 7.05 Å². The van der Waals surface area contributed by atoms with Gasteiger partial charge in [0, 0.05) is 6.04 Å². The normalized spacial score (nSPS) is 19.4. The van der Waals surface area contributed by atoms with Crippen LogP contribution in [0.15, 0.2) is 48.5 Å². The van der Waals surface area contributed by atoms with Crippen LogP contribution in [-0.2, 0) is 12.8 Å². The molecule has 1 N–H and O–H groups in total. The van der Waals surface area contributed by atoms with Gasteiger partial charge in [0.25, 0.3) is 0 Å². The molecule has 1 aliphatic rings. The Morgan fingerprint density at radius 3 is 2.60 bits per heavy atom. The van der Waals surface area contributed by atoms with Crippen molar-refractivity contribution >= 4 is 0 Å². The van der Waals surface area contributed by atoms with E-state index in [4.69, 9.17) is 0 Å². The van der Waals surface area contributed by atoms with Crippen LogP contribution in [0.3, 0.4) is 0 Å². The molecule has 1 nitrogen and oxygen atoms in total. The first-order valence-corrected chi connectivity index (χ1v) is 7.58. The third kappa shape index (κ3) is 2.64. The van der Waals surface area contributed by atoms with Gasteiger partial charge in [-0.15, -0.1) is 0 Å². The van der Waals surface area contributed by atoms with Gasteiger partial charge < -0.3 is 5.32 Å². The average Bonchev–Trinajstić information content (AvgIpc) is 2.48. The molecule has 2 unspecified atom stereocenters.